The van der Waals surface area contributed by atoms with Crippen LogP contribution >= 0.6 is 0 Å². The first-order chi connectivity index (χ1) is 10.8. The van der Waals surface area contributed by atoms with Gasteiger partial charge in [-0.25, -0.2) is 0 Å². The Balaban J connectivity index is 0. The van der Waals surface area contributed by atoms with Crippen LogP contribution in [0.4, 0.5) is 0 Å². The van der Waals surface area contributed by atoms with Crippen molar-refractivity contribution in [3.05, 3.63) is 0 Å². The second-order valence-electron chi connectivity index (χ2n) is 5.88. The van der Waals surface area contributed by atoms with Gasteiger partial charge in [-0.1, -0.05) is 32.6 Å². The van der Waals surface area contributed by atoms with Crippen LogP contribution in [0.15, 0.2) is 0 Å². The highest BCUT2D eigenvalue weighted by atomic mass is 16.5. The van der Waals surface area contributed by atoms with Gasteiger partial charge >= 0.3 is 5.97 Å². The van der Waals surface area contributed by atoms with Gasteiger partial charge in [-0.2, -0.15) is 0 Å². The molecule has 0 aliphatic carbocycles. The molecule has 0 aliphatic rings. The van der Waals surface area contributed by atoms with Crippen LogP contribution in [0, 0.1) is 0 Å². The molecule has 3 unspecified atom stereocenters. The number of aliphatic hydroxyl groups is 2. The number of hydrogen-bond acceptors (Lipinski definition) is 5. The number of aliphatic hydroxyl groups excluding tert-OH is 2. The van der Waals surface area contributed by atoms with E-state index in [2.05, 4.69) is 6.92 Å². The second-order valence-corrected chi connectivity index (χ2v) is 5.88. The first-order valence-corrected chi connectivity index (χ1v) is 8.57. The van der Waals surface area contributed by atoms with Crippen molar-refractivity contribution in [2.24, 2.45) is 0 Å². The number of aliphatic carboxylic acids is 1. The molecule has 0 fully saturated rings. The predicted molar refractivity (Wildman–Crippen MR) is 90.6 cm³/mol. The molecule has 6 heteroatoms. The fourth-order valence-electron chi connectivity index (χ4n) is 1.58. The first-order valence-electron chi connectivity index (χ1n) is 8.57. The lowest BCUT2D eigenvalue weighted by Crippen LogP contribution is -2.24. The number of carboxylic acids is 1. The number of rotatable bonds is 13. The molecule has 0 saturated carbocycles. The van der Waals surface area contributed by atoms with Crippen LogP contribution < -0.4 is 0 Å². The van der Waals surface area contributed by atoms with Gasteiger partial charge in [0.15, 0.2) is 0 Å². The number of unbranched alkanes of at least 4 members (excludes halogenated alkanes) is 4. The topological polar surface area (TPSA) is 96.2 Å². The van der Waals surface area contributed by atoms with E-state index in [0.29, 0.717) is 19.6 Å². The van der Waals surface area contributed by atoms with Crippen molar-refractivity contribution in [2.75, 3.05) is 19.8 Å². The monoisotopic (exact) mass is 336 g/mol. The summed E-state index contributed by atoms with van der Waals surface area (Å²) in [7, 11) is 0. The summed E-state index contributed by atoms with van der Waals surface area (Å²) in [6, 6.07) is 0. The van der Waals surface area contributed by atoms with Gasteiger partial charge in [0.05, 0.1) is 38.1 Å². The molecule has 0 aromatic carbocycles. The average Bonchev–Trinajstić information content (AvgIpc) is 2.50. The quantitative estimate of drug-likeness (QED) is 0.447. The molecule has 6 nitrogen and oxygen atoms in total. The second kappa shape index (κ2) is 17.7. The van der Waals surface area contributed by atoms with Gasteiger partial charge in [0.2, 0.25) is 0 Å². The minimum absolute atomic E-state index is 0.0170. The van der Waals surface area contributed by atoms with Crippen LogP contribution in [0.5, 0.6) is 0 Å². The van der Waals surface area contributed by atoms with Crippen molar-refractivity contribution in [2.45, 2.75) is 84.5 Å². The molecule has 0 heterocycles. The van der Waals surface area contributed by atoms with Gasteiger partial charge < -0.3 is 24.8 Å². The summed E-state index contributed by atoms with van der Waals surface area (Å²) in [6.45, 7) is 8.25. The van der Waals surface area contributed by atoms with Gasteiger partial charge in [0.1, 0.15) is 0 Å². The third-order valence-electron chi connectivity index (χ3n) is 2.99. The van der Waals surface area contributed by atoms with Crippen LogP contribution in [-0.4, -0.2) is 59.4 Å². The van der Waals surface area contributed by atoms with E-state index < -0.39 is 12.1 Å². The average molecular weight is 336 g/mol. The Bertz CT molecular complexity index is 257. The van der Waals surface area contributed by atoms with E-state index in [-0.39, 0.29) is 18.8 Å². The summed E-state index contributed by atoms with van der Waals surface area (Å²) in [6.07, 6.45) is 5.23. The summed E-state index contributed by atoms with van der Waals surface area (Å²) in [4.78, 5) is 10.0. The molecule has 3 atom stereocenters. The minimum Gasteiger partial charge on any atom is -0.481 e. The van der Waals surface area contributed by atoms with Crippen molar-refractivity contribution in [3.63, 3.8) is 0 Å². The molecule has 3 N–H and O–H groups in total. The van der Waals surface area contributed by atoms with Gasteiger partial charge in [-0.15, -0.1) is 0 Å². The van der Waals surface area contributed by atoms with E-state index in [1.807, 2.05) is 6.92 Å². The highest BCUT2D eigenvalue weighted by Crippen LogP contribution is 2.04. The van der Waals surface area contributed by atoms with E-state index in [9.17, 15) is 4.79 Å². The molecule has 0 amide bonds. The maximum absolute atomic E-state index is 10.0. The smallest absolute Gasteiger partial charge is 0.303 e. The molecule has 23 heavy (non-hydrogen) atoms. The van der Waals surface area contributed by atoms with Crippen LogP contribution in [0.25, 0.3) is 0 Å². The lowest BCUT2D eigenvalue weighted by molar-refractivity contribution is -0.137. The number of carboxylic acid groups (broad SMARTS) is 1. The standard InChI is InChI=1S/C9H20O4.C8H16O2/c1-7(11)5-12-9(3)6-13-8(2)4-10;1-2-3-4-5-6-7-8(9)10/h7-11H,4-6H2,1-3H3;2-7H2,1H3,(H,9,10). The number of ether oxygens (including phenoxy) is 2. The molecule has 0 radical (unpaired) electrons. The fraction of sp³-hybridized carbons (Fsp3) is 0.941. The fourth-order valence-corrected chi connectivity index (χ4v) is 1.58. The Morgan fingerprint density at radius 2 is 1.52 bits per heavy atom. The highest BCUT2D eigenvalue weighted by Gasteiger charge is 2.07. The van der Waals surface area contributed by atoms with E-state index in [0.717, 1.165) is 12.8 Å². The Morgan fingerprint density at radius 3 is 2.00 bits per heavy atom. The van der Waals surface area contributed by atoms with Gasteiger partial charge in [-0.05, 0) is 27.2 Å². The van der Waals surface area contributed by atoms with Crippen molar-refractivity contribution < 1.29 is 29.6 Å². The van der Waals surface area contributed by atoms with Crippen LogP contribution in [0.1, 0.15) is 66.2 Å². The Kier molecular flexibility index (Phi) is 18.9. The summed E-state index contributed by atoms with van der Waals surface area (Å²) in [5, 5.41) is 25.8. The third-order valence-corrected chi connectivity index (χ3v) is 2.99. The zero-order valence-corrected chi connectivity index (χ0v) is 15.2. The van der Waals surface area contributed by atoms with Crippen LogP contribution in [0.2, 0.25) is 0 Å². The van der Waals surface area contributed by atoms with E-state index in [1.54, 1.807) is 13.8 Å². The lowest BCUT2D eigenvalue weighted by atomic mass is 10.1. The molecule has 0 saturated heterocycles. The molecule has 0 aliphatic heterocycles. The number of hydrogen-bond donors (Lipinski definition) is 3. The molecular weight excluding hydrogens is 300 g/mol. The summed E-state index contributed by atoms with van der Waals surface area (Å²) < 4.78 is 10.5. The first kappa shape index (κ1) is 24.6. The zero-order valence-electron chi connectivity index (χ0n) is 15.2. The Hall–Kier alpha value is -0.690. The van der Waals surface area contributed by atoms with E-state index in [1.165, 1.54) is 19.3 Å². The normalized spacial score (nSPS) is 14.5. The molecule has 0 aromatic heterocycles. The number of carbonyl (C=O) groups is 1. The summed E-state index contributed by atoms with van der Waals surface area (Å²) in [5.41, 5.74) is 0. The van der Waals surface area contributed by atoms with Crippen LogP contribution in [0.3, 0.4) is 0 Å². The van der Waals surface area contributed by atoms with Gasteiger partial charge in [0.25, 0.3) is 0 Å². The van der Waals surface area contributed by atoms with Crippen molar-refractivity contribution >= 4 is 5.97 Å². The van der Waals surface area contributed by atoms with Crippen molar-refractivity contribution in [1.29, 1.82) is 0 Å². The Morgan fingerprint density at radius 1 is 0.957 bits per heavy atom. The largest absolute Gasteiger partial charge is 0.481 e. The molecular formula is C17H36O6. The summed E-state index contributed by atoms with van der Waals surface area (Å²) >= 11 is 0. The van der Waals surface area contributed by atoms with Gasteiger partial charge in [-0.3, -0.25) is 4.79 Å². The zero-order chi connectivity index (χ0) is 18.1. The SMILES string of the molecule is CC(O)COC(C)COC(C)CO.CCCCCCCC(=O)O. The molecule has 140 valence electrons. The van der Waals surface area contributed by atoms with E-state index in [4.69, 9.17) is 24.8 Å². The van der Waals surface area contributed by atoms with Gasteiger partial charge in [0, 0.05) is 6.42 Å². The molecule has 0 aromatic rings. The van der Waals surface area contributed by atoms with Crippen LogP contribution in [-0.2, 0) is 14.3 Å². The predicted octanol–water partition coefficient (Wildman–Crippen LogP) is 2.60. The molecule has 0 spiro atoms. The molecule has 0 rings (SSSR count). The highest BCUT2D eigenvalue weighted by molar-refractivity contribution is 5.66. The van der Waals surface area contributed by atoms with Crippen molar-refractivity contribution in [1.82, 2.24) is 0 Å². The third kappa shape index (κ3) is 23.7. The molecule has 0 bridgehead atoms. The maximum Gasteiger partial charge on any atom is 0.303 e. The maximum atomic E-state index is 10.0. The minimum atomic E-state index is -0.670. The van der Waals surface area contributed by atoms with E-state index >= 15 is 0 Å². The lowest BCUT2D eigenvalue weighted by Gasteiger charge is -2.16. The van der Waals surface area contributed by atoms with Crippen molar-refractivity contribution in [3.8, 4) is 0 Å². The summed E-state index contributed by atoms with van der Waals surface area (Å²) in [5.74, 6) is -0.670. The Labute approximate surface area is 140 Å².